The van der Waals surface area contributed by atoms with Crippen LogP contribution in [0.4, 0.5) is 0 Å². The Morgan fingerprint density at radius 3 is 2.38 bits per heavy atom. The molecule has 1 aromatic rings. The van der Waals surface area contributed by atoms with Gasteiger partial charge in [0.15, 0.2) is 5.71 Å². The van der Waals surface area contributed by atoms with Gasteiger partial charge in [-0.25, -0.2) is 4.79 Å². The van der Waals surface area contributed by atoms with Gasteiger partial charge in [-0.2, -0.15) is 0 Å². The van der Waals surface area contributed by atoms with E-state index in [4.69, 9.17) is 5.41 Å². The van der Waals surface area contributed by atoms with Crippen molar-refractivity contribution in [3.05, 3.63) is 24.0 Å². The van der Waals surface area contributed by atoms with E-state index in [0.29, 0.717) is 0 Å². The summed E-state index contributed by atoms with van der Waals surface area (Å²) in [5.74, 6) is -1.57. The number of rotatable bonds is 3. The van der Waals surface area contributed by atoms with E-state index in [-0.39, 0.29) is 5.56 Å². The van der Waals surface area contributed by atoms with E-state index < -0.39 is 17.5 Å². The monoisotopic (exact) mass is 242 g/mol. The van der Waals surface area contributed by atoms with Crippen LogP contribution < -0.4 is 0 Å². The van der Waals surface area contributed by atoms with Crippen LogP contribution in [0.15, 0.2) is 18.5 Å². The molecule has 0 aliphatic rings. The number of ether oxygens (including phenoxy) is 1. The van der Waals surface area contributed by atoms with Gasteiger partial charge in [-0.1, -0.05) is 13.8 Å². The average Bonchev–Trinajstić information content (AvgIpc) is 2.75. The molecule has 16 heavy (non-hydrogen) atoms. The third-order valence-corrected chi connectivity index (χ3v) is 1.91. The van der Waals surface area contributed by atoms with Crippen LogP contribution in [-0.2, 0) is 9.53 Å². The Hall–Kier alpha value is -1.48. The first-order valence-electron chi connectivity index (χ1n) is 4.71. The Morgan fingerprint density at radius 2 is 2.00 bits per heavy atom. The van der Waals surface area contributed by atoms with Crippen molar-refractivity contribution in [3.8, 4) is 0 Å². The lowest BCUT2D eigenvalue weighted by molar-refractivity contribution is -0.132. The first-order chi connectivity index (χ1) is 7.56. The maximum Gasteiger partial charge on any atom is 0.360 e. The summed E-state index contributed by atoms with van der Waals surface area (Å²) in [4.78, 5) is 22.3. The van der Waals surface area contributed by atoms with Gasteiger partial charge in [-0.15, -0.1) is 0 Å². The second-order valence-electron chi connectivity index (χ2n) is 2.54. The van der Waals surface area contributed by atoms with Gasteiger partial charge in [-0.3, -0.25) is 10.2 Å². The summed E-state index contributed by atoms with van der Waals surface area (Å²) in [5, 5.41) is 7.21. The van der Waals surface area contributed by atoms with Crippen molar-refractivity contribution in [2.45, 2.75) is 13.8 Å². The lowest BCUT2D eigenvalue weighted by Crippen LogP contribution is -2.24. The van der Waals surface area contributed by atoms with Gasteiger partial charge in [-0.05, 0) is 15.5 Å². The number of Topliss-reactive ketones (excluding diaryl/α,β-unsaturated/α-hetero) is 1. The molecule has 0 aromatic carbocycles. The molecular formula is C10H15N2O3P. The molecule has 0 spiro atoms. The van der Waals surface area contributed by atoms with E-state index in [1.807, 2.05) is 13.8 Å². The fourth-order valence-electron chi connectivity index (χ4n) is 0.886. The molecule has 0 radical (unpaired) electrons. The van der Waals surface area contributed by atoms with Crippen LogP contribution in [0.5, 0.6) is 0 Å². The fourth-order valence-corrected chi connectivity index (χ4v) is 1.13. The third-order valence-electron chi connectivity index (χ3n) is 1.59. The topological polar surface area (TPSA) is 72.2 Å². The second-order valence-corrected chi connectivity index (χ2v) is 3.14. The largest absolute Gasteiger partial charge is 0.464 e. The van der Waals surface area contributed by atoms with Crippen LogP contribution >= 0.6 is 9.39 Å². The standard InChI is InChI=1S/C8H9N2O3P.C2H6/c1-13-8(12)6(9)7(11)5-2-3-10(14)4-5;1-2/h2-4,9H,14H2,1H3;1-2H3. The van der Waals surface area contributed by atoms with Crippen molar-refractivity contribution >= 4 is 26.9 Å². The second kappa shape index (κ2) is 6.90. The Bertz CT molecular complexity index is 399. The lowest BCUT2D eigenvalue weighted by Gasteiger charge is -1.98. The summed E-state index contributed by atoms with van der Waals surface area (Å²) in [6.07, 6.45) is 3.13. The molecule has 5 nitrogen and oxygen atoms in total. The first-order valence-corrected chi connectivity index (χ1v) is 5.22. The molecule has 0 saturated carbocycles. The molecule has 0 saturated heterocycles. The number of methoxy groups -OCH3 is 1. The van der Waals surface area contributed by atoms with Crippen LogP contribution in [0.3, 0.4) is 0 Å². The van der Waals surface area contributed by atoms with Crippen LogP contribution in [0, 0.1) is 5.41 Å². The SMILES string of the molecule is CC.COC(=O)C(=N)C(=O)c1ccn(P)c1. The quantitative estimate of drug-likeness (QED) is 0.287. The van der Waals surface area contributed by atoms with Gasteiger partial charge in [0.25, 0.3) is 0 Å². The van der Waals surface area contributed by atoms with Gasteiger partial charge >= 0.3 is 5.97 Å². The summed E-state index contributed by atoms with van der Waals surface area (Å²) >= 11 is 0. The number of esters is 1. The summed E-state index contributed by atoms with van der Waals surface area (Å²) in [7, 11) is 3.47. The van der Waals surface area contributed by atoms with Gasteiger partial charge < -0.3 is 9.07 Å². The number of carbonyl (C=O) groups is 2. The highest BCUT2D eigenvalue weighted by atomic mass is 31.0. The molecule has 0 amide bonds. The molecule has 1 unspecified atom stereocenters. The maximum absolute atomic E-state index is 11.4. The molecule has 1 rings (SSSR count). The molecule has 0 aliphatic carbocycles. The highest BCUT2D eigenvalue weighted by molar-refractivity contribution is 7.14. The van der Waals surface area contributed by atoms with Crippen LogP contribution in [-0.4, -0.2) is 28.9 Å². The van der Waals surface area contributed by atoms with Crippen molar-refractivity contribution in [1.29, 1.82) is 5.41 Å². The molecule has 1 atom stereocenters. The minimum Gasteiger partial charge on any atom is -0.464 e. The number of hydrogen-bond acceptors (Lipinski definition) is 4. The lowest BCUT2D eigenvalue weighted by atomic mass is 10.1. The minimum absolute atomic E-state index is 0.287. The van der Waals surface area contributed by atoms with Gasteiger partial charge in [0.2, 0.25) is 5.78 Å². The highest BCUT2D eigenvalue weighted by Gasteiger charge is 2.20. The maximum atomic E-state index is 11.4. The van der Waals surface area contributed by atoms with Gasteiger partial charge in [0.05, 0.1) is 7.11 Å². The number of nitrogens with one attached hydrogen (secondary N) is 1. The average molecular weight is 242 g/mol. The van der Waals surface area contributed by atoms with Crippen molar-refractivity contribution < 1.29 is 14.3 Å². The van der Waals surface area contributed by atoms with Crippen LogP contribution in [0.2, 0.25) is 0 Å². The molecule has 1 aromatic heterocycles. The molecule has 1 N–H and O–H groups in total. The van der Waals surface area contributed by atoms with E-state index in [1.54, 1.807) is 10.5 Å². The van der Waals surface area contributed by atoms with E-state index in [0.717, 1.165) is 7.11 Å². The highest BCUT2D eigenvalue weighted by Crippen LogP contribution is 2.06. The number of nitrogens with zero attached hydrogens (tertiary/aromatic N) is 1. The Balaban J connectivity index is 0.00000106. The number of carbonyl (C=O) groups excluding carboxylic acids is 2. The number of ketones is 1. The van der Waals surface area contributed by atoms with Gasteiger partial charge in [0, 0.05) is 18.0 Å². The first kappa shape index (κ1) is 14.5. The van der Waals surface area contributed by atoms with Crippen molar-refractivity contribution in [1.82, 2.24) is 4.34 Å². The molecule has 1 heterocycles. The van der Waals surface area contributed by atoms with Crippen molar-refractivity contribution in [2.75, 3.05) is 7.11 Å². The fraction of sp³-hybridized carbons (Fsp3) is 0.300. The summed E-state index contributed by atoms with van der Waals surface area (Å²) < 4.78 is 5.85. The molecular weight excluding hydrogens is 227 g/mol. The van der Waals surface area contributed by atoms with E-state index in [9.17, 15) is 9.59 Å². The Kier molecular flexibility index (Phi) is 6.27. The van der Waals surface area contributed by atoms with Crippen LogP contribution in [0.1, 0.15) is 24.2 Å². The van der Waals surface area contributed by atoms with E-state index in [2.05, 4.69) is 14.1 Å². The van der Waals surface area contributed by atoms with E-state index in [1.165, 1.54) is 12.3 Å². The zero-order valence-corrected chi connectivity index (χ0v) is 10.6. The Labute approximate surface area is 96.6 Å². The van der Waals surface area contributed by atoms with E-state index >= 15 is 0 Å². The molecule has 88 valence electrons. The Morgan fingerprint density at radius 1 is 1.44 bits per heavy atom. The minimum atomic E-state index is -0.925. The van der Waals surface area contributed by atoms with Gasteiger partial charge in [0.1, 0.15) is 0 Å². The summed E-state index contributed by atoms with van der Waals surface area (Å²) in [6, 6.07) is 1.52. The summed E-state index contributed by atoms with van der Waals surface area (Å²) in [6.45, 7) is 4.00. The molecule has 0 fully saturated rings. The predicted molar refractivity (Wildman–Crippen MR) is 65.0 cm³/mol. The summed E-state index contributed by atoms with van der Waals surface area (Å²) in [5.41, 5.74) is -0.376. The van der Waals surface area contributed by atoms with Crippen molar-refractivity contribution in [3.63, 3.8) is 0 Å². The van der Waals surface area contributed by atoms with Crippen molar-refractivity contribution in [2.24, 2.45) is 0 Å². The third kappa shape index (κ3) is 3.59. The van der Waals surface area contributed by atoms with Crippen LogP contribution in [0.25, 0.3) is 0 Å². The molecule has 6 heteroatoms. The zero-order chi connectivity index (χ0) is 12.7. The molecule has 0 aliphatic heterocycles. The number of aromatic nitrogens is 1. The molecule has 0 bridgehead atoms. The predicted octanol–water partition coefficient (Wildman–Crippen LogP) is 1.53. The number of hydrogen-bond donors (Lipinski definition) is 1. The smallest absolute Gasteiger partial charge is 0.360 e. The zero-order valence-electron chi connectivity index (χ0n) is 9.48. The normalized spacial score (nSPS) is 8.75.